The van der Waals surface area contributed by atoms with Crippen LogP contribution in [0.5, 0.6) is 5.75 Å². The van der Waals surface area contributed by atoms with Gasteiger partial charge in [-0.1, -0.05) is 37.3 Å². The van der Waals surface area contributed by atoms with Crippen LogP contribution in [0.1, 0.15) is 35.2 Å². The van der Waals surface area contributed by atoms with Gasteiger partial charge in [0.05, 0.1) is 13.0 Å². The van der Waals surface area contributed by atoms with Gasteiger partial charge in [0, 0.05) is 31.1 Å². The third kappa shape index (κ3) is 4.30. The van der Waals surface area contributed by atoms with Gasteiger partial charge in [-0.3, -0.25) is 9.59 Å². The van der Waals surface area contributed by atoms with E-state index in [0.29, 0.717) is 25.2 Å². The minimum Gasteiger partial charge on any atom is -0.497 e. The van der Waals surface area contributed by atoms with Crippen LogP contribution in [0.15, 0.2) is 54.6 Å². The van der Waals surface area contributed by atoms with E-state index in [-0.39, 0.29) is 23.7 Å². The Morgan fingerprint density at radius 2 is 1.78 bits per heavy atom. The van der Waals surface area contributed by atoms with Crippen LogP contribution in [0.25, 0.3) is 0 Å². The summed E-state index contributed by atoms with van der Waals surface area (Å²) >= 11 is 0. The molecule has 1 fully saturated rings. The van der Waals surface area contributed by atoms with E-state index in [2.05, 4.69) is 5.32 Å². The van der Waals surface area contributed by atoms with Crippen LogP contribution >= 0.6 is 0 Å². The Kier molecular flexibility index (Phi) is 6.12. The zero-order chi connectivity index (χ0) is 19.2. The maximum Gasteiger partial charge on any atom is 0.253 e. The number of nitrogens with one attached hydrogen (secondary N) is 1. The monoisotopic (exact) mass is 366 g/mol. The van der Waals surface area contributed by atoms with Gasteiger partial charge in [-0.2, -0.15) is 0 Å². The Morgan fingerprint density at radius 1 is 1.07 bits per heavy atom. The predicted molar refractivity (Wildman–Crippen MR) is 105 cm³/mol. The fourth-order valence-electron chi connectivity index (χ4n) is 3.57. The van der Waals surface area contributed by atoms with Crippen molar-refractivity contribution in [3.05, 3.63) is 65.7 Å². The summed E-state index contributed by atoms with van der Waals surface area (Å²) in [7, 11) is 1.63. The SMILES string of the molecule is CCCNC(=O)C1CN(C(=O)c2ccccc2)CC1c1ccc(OC)cc1. The van der Waals surface area contributed by atoms with Crippen LogP contribution in [0.3, 0.4) is 0 Å². The molecule has 2 atom stereocenters. The second-order valence-corrected chi connectivity index (χ2v) is 6.85. The van der Waals surface area contributed by atoms with Crippen molar-refractivity contribution in [2.75, 3.05) is 26.7 Å². The molecule has 0 bridgehead atoms. The zero-order valence-electron chi connectivity index (χ0n) is 15.9. The molecule has 5 heteroatoms. The molecule has 2 aromatic rings. The Balaban J connectivity index is 1.83. The highest BCUT2D eigenvalue weighted by Gasteiger charge is 2.40. The van der Waals surface area contributed by atoms with Crippen molar-refractivity contribution >= 4 is 11.8 Å². The molecule has 1 N–H and O–H groups in total. The molecule has 1 heterocycles. The highest BCUT2D eigenvalue weighted by Crippen LogP contribution is 2.34. The molecule has 5 nitrogen and oxygen atoms in total. The second-order valence-electron chi connectivity index (χ2n) is 6.85. The predicted octanol–water partition coefficient (Wildman–Crippen LogP) is 3.08. The molecule has 1 saturated heterocycles. The number of methoxy groups -OCH3 is 1. The number of benzene rings is 2. The van der Waals surface area contributed by atoms with Gasteiger partial charge in [0.1, 0.15) is 5.75 Å². The molecule has 2 aromatic carbocycles. The van der Waals surface area contributed by atoms with Gasteiger partial charge < -0.3 is 15.0 Å². The van der Waals surface area contributed by atoms with E-state index < -0.39 is 0 Å². The maximum absolute atomic E-state index is 12.9. The molecule has 1 aliphatic rings. The number of hydrogen-bond acceptors (Lipinski definition) is 3. The van der Waals surface area contributed by atoms with E-state index in [4.69, 9.17) is 4.74 Å². The number of ether oxygens (including phenoxy) is 1. The summed E-state index contributed by atoms with van der Waals surface area (Å²) in [5.74, 6) is 0.486. The van der Waals surface area contributed by atoms with Crippen LogP contribution in [-0.2, 0) is 4.79 Å². The number of rotatable bonds is 6. The summed E-state index contributed by atoms with van der Waals surface area (Å²) in [6.07, 6.45) is 0.887. The smallest absolute Gasteiger partial charge is 0.253 e. The lowest BCUT2D eigenvalue weighted by molar-refractivity contribution is -0.124. The molecular formula is C22H26N2O3. The number of likely N-dealkylation sites (tertiary alicyclic amines) is 1. The van der Waals surface area contributed by atoms with Crippen LogP contribution in [0, 0.1) is 5.92 Å². The first-order chi connectivity index (χ1) is 13.1. The van der Waals surface area contributed by atoms with E-state index in [1.807, 2.05) is 61.5 Å². The van der Waals surface area contributed by atoms with E-state index >= 15 is 0 Å². The van der Waals surface area contributed by atoms with E-state index in [1.54, 1.807) is 12.0 Å². The van der Waals surface area contributed by atoms with Crippen molar-refractivity contribution in [1.29, 1.82) is 0 Å². The van der Waals surface area contributed by atoms with Gasteiger partial charge in [0.15, 0.2) is 0 Å². The quantitative estimate of drug-likeness (QED) is 0.855. The lowest BCUT2D eigenvalue weighted by Gasteiger charge is -2.18. The first-order valence-corrected chi connectivity index (χ1v) is 9.40. The second kappa shape index (κ2) is 8.71. The maximum atomic E-state index is 12.9. The van der Waals surface area contributed by atoms with Crippen LogP contribution < -0.4 is 10.1 Å². The standard InChI is InChI=1S/C22H26N2O3/c1-3-13-23-21(25)20-15-24(22(26)17-7-5-4-6-8-17)14-19(20)16-9-11-18(27-2)12-10-16/h4-12,19-20H,3,13-15H2,1-2H3,(H,23,25). The summed E-state index contributed by atoms with van der Waals surface area (Å²) in [5.41, 5.74) is 1.71. The van der Waals surface area contributed by atoms with Gasteiger partial charge in [-0.15, -0.1) is 0 Å². The molecule has 1 aliphatic heterocycles. The van der Waals surface area contributed by atoms with Crippen molar-refractivity contribution in [2.24, 2.45) is 5.92 Å². The van der Waals surface area contributed by atoms with Crippen LogP contribution in [0.2, 0.25) is 0 Å². The van der Waals surface area contributed by atoms with E-state index in [9.17, 15) is 9.59 Å². The average Bonchev–Trinajstić information content (AvgIpc) is 3.17. The minimum absolute atomic E-state index is 0.0148. The summed E-state index contributed by atoms with van der Waals surface area (Å²) < 4.78 is 5.23. The molecule has 2 amide bonds. The number of amides is 2. The van der Waals surface area contributed by atoms with Crippen LogP contribution in [0.4, 0.5) is 0 Å². The summed E-state index contributed by atoms with van der Waals surface area (Å²) in [6.45, 7) is 3.64. The lowest BCUT2D eigenvalue weighted by Crippen LogP contribution is -2.36. The summed E-state index contributed by atoms with van der Waals surface area (Å²) in [6, 6.07) is 17.0. The van der Waals surface area contributed by atoms with E-state index in [1.165, 1.54) is 0 Å². The van der Waals surface area contributed by atoms with Crippen molar-refractivity contribution in [1.82, 2.24) is 10.2 Å². The molecule has 2 unspecified atom stereocenters. The molecule has 142 valence electrons. The normalized spacial score (nSPS) is 19.0. The molecule has 0 aliphatic carbocycles. The van der Waals surface area contributed by atoms with Gasteiger partial charge in [-0.25, -0.2) is 0 Å². The van der Waals surface area contributed by atoms with Gasteiger partial charge in [0.25, 0.3) is 5.91 Å². The Morgan fingerprint density at radius 3 is 2.41 bits per heavy atom. The van der Waals surface area contributed by atoms with Crippen molar-refractivity contribution in [3.8, 4) is 5.75 Å². The highest BCUT2D eigenvalue weighted by atomic mass is 16.5. The topological polar surface area (TPSA) is 58.6 Å². The minimum atomic E-state index is -0.252. The van der Waals surface area contributed by atoms with Crippen molar-refractivity contribution < 1.29 is 14.3 Å². The average molecular weight is 366 g/mol. The number of carbonyl (C=O) groups is 2. The third-order valence-corrected chi connectivity index (χ3v) is 5.06. The number of nitrogens with zero attached hydrogens (tertiary/aromatic N) is 1. The van der Waals surface area contributed by atoms with Crippen LogP contribution in [-0.4, -0.2) is 43.5 Å². The zero-order valence-corrected chi connectivity index (χ0v) is 15.9. The van der Waals surface area contributed by atoms with Gasteiger partial charge in [0.2, 0.25) is 5.91 Å². The Bertz CT molecular complexity index is 774. The molecule has 27 heavy (non-hydrogen) atoms. The number of carbonyl (C=O) groups excluding carboxylic acids is 2. The van der Waals surface area contributed by atoms with Gasteiger partial charge in [-0.05, 0) is 36.2 Å². The van der Waals surface area contributed by atoms with Gasteiger partial charge >= 0.3 is 0 Å². The van der Waals surface area contributed by atoms with E-state index in [0.717, 1.165) is 17.7 Å². The Hall–Kier alpha value is -2.82. The van der Waals surface area contributed by atoms with Crippen molar-refractivity contribution in [2.45, 2.75) is 19.3 Å². The number of hydrogen-bond donors (Lipinski definition) is 1. The summed E-state index contributed by atoms with van der Waals surface area (Å²) in [4.78, 5) is 27.4. The molecule has 0 radical (unpaired) electrons. The lowest BCUT2D eigenvalue weighted by atomic mass is 9.88. The molecule has 0 saturated carbocycles. The highest BCUT2D eigenvalue weighted by molar-refractivity contribution is 5.95. The Labute approximate surface area is 160 Å². The fraction of sp³-hybridized carbons (Fsp3) is 0.364. The molecular weight excluding hydrogens is 340 g/mol. The van der Waals surface area contributed by atoms with Crippen molar-refractivity contribution in [3.63, 3.8) is 0 Å². The largest absolute Gasteiger partial charge is 0.497 e. The third-order valence-electron chi connectivity index (χ3n) is 5.06. The molecule has 0 aromatic heterocycles. The molecule has 0 spiro atoms. The fourth-order valence-corrected chi connectivity index (χ4v) is 3.57. The first-order valence-electron chi connectivity index (χ1n) is 9.40. The summed E-state index contributed by atoms with van der Waals surface area (Å²) in [5, 5.41) is 2.99. The first kappa shape index (κ1) is 19.0. The molecule has 3 rings (SSSR count).